The summed E-state index contributed by atoms with van der Waals surface area (Å²) in [4.78, 5) is 23.5. The number of carbonyl (C=O) groups is 2. The molecular weight excluding hydrogens is 426 g/mol. The molecule has 0 aromatic heterocycles. The van der Waals surface area contributed by atoms with Crippen LogP contribution in [0.25, 0.3) is 0 Å². The largest absolute Gasteiger partial charge is 0.466 e. The number of nitrogens with one attached hydrogen (secondary N) is 3. The first-order chi connectivity index (χ1) is 14.3. The Hall–Kier alpha value is -2.04. The van der Waals surface area contributed by atoms with E-state index in [0.717, 1.165) is 38.5 Å². The summed E-state index contributed by atoms with van der Waals surface area (Å²) in [5, 5.41) is 5.37. The first kappa shape index (κ1) is 24.2. The highest BCUT2D eigenvalue weighted by Crippen LogP contribution is 2.20. The van der Waals surface area contributed by atoms with Gasteiger partial charge < -0.3 is 15.4 Å². The van der Waals surface area contributed by atoms with Crippen molar-refractivity contribution in [3.63, 3.8) is 0 Å². The topological polar surface area (TPSA) is 114 Å². The van der Waals surface area contributed by atoms with Gasteiger partial charge in [0.15, 0.2) is 5.11 Å². The lowest BCUT2D eigenvalue weighted by molar-refractivity contribution is -0.144. The molecule has 0 unspecified atom stereocenters. The van der Waals surface area contributed by atoms with E-state index < -0.39 is 21.9 Å². The molecule has 1 aliphatic carbocycles. The van der Waals surface area contributed by atoms with Crippen molar-refractivity contribution in [3.05, 3.63) is 24.3 Å². The van der Waals surface area contributed by atoms with Gasteiger partial charge in [-0.15, -0.1) is 0 Å². The molecule has 3 N–H and O–H groups in total. The Kier molecular flexibility index (Phi) is 9.67. The standard InChI is InChI=1S/C20H29N3O5S2/c1-2-14-28-19(25)13-12-18(24)22-20(29)21-15-8-10-17(11-9-15)30(26,27)23-16-6-4-3-5-7-16/h8-11,16,23H,2-7,12-14H2,1H3,(H2,21,22,24,29). The summed E-state index contributed by atoms with van der Waals surface area (Å²) in [5.41, 5.74) is 0.541. The van der Waals surface area contributed by atoms with Gasteiger partial charge in [-0.25, -0.2) is 13.1 Å². The predicted molar refractivity (Wildman–Crippen MR) is 118 cm³/mol. The van der Waals surface area contributed by atoms with Crippen molar-refractivity contribution < 1.29 is 22.7 Å². The summed E-state index contributed by atoms with van der Waals surface area (Å²) in [6, 6.07) is 6.12. The Labute approximate surface area is 183 Å². The maximum absolute atomic E-state index is 12.5. The van der Waals surface area contributed by atoms with Crippen LogP contribution in [0.2, 0.25) is 0 Å². The average molecular weight is 456 g/mol. The molecule has 1 amide bonds. The first-order valence-electron chi connectivity index (χ1n) is 10.2. The van der Waals surface area contributed by atoms with Crippen LogP contribution in [0.1, 0.15) is 58.3 Å². The highest BCUT2D eigenvalue weighted by Gasteiger charge is 2.21. The van der Waals surface area contributed by atoms with E-state index in [1.807, 2.05) is 6.92 Å². The van der Waals surface area contributed by atoms with Gasteiger partial charge in [0.1, 0.15) is 0 Å². The Balaban J connectivity index is 1.80. The van der Waals surface area contributed by atoms with Crippen molar-refractivity contribution in [2.45, 2.75) is 69.2 Å². The number of carbonyl (C=O) groups excluding carboxylic acids is 2. The molecule has 2 rings (SSSR count). The third-order valence-electron chi connectivity index (χ3n) is 4.63. The minimum absolute atomic E-state index is 0.0106. The first-order valence-corrected chi connectivity index (χ1v) is 12.1. The average Bonchev–Trinajstić information content (AvgIpc) is 2.71. The van der Waals surface area contributed by atoms with Crippen LogP contribution in [-0.4, -0.2) is 38.1 Å². The fraction of sp³-hybridized carbons (Fsp3) is 0.550. The second kappa shape index (κ2) is 12.0. The zero-order valence-electron chi connectivity index (χ0n) is 17.1. The smallest absolute Gasteiger partial charge is 0.306 e. The number of sulfonamides is 1. The SMILES string of the molecule is CCCOC(=O)CCC(=O)NC(=S)Nc1ccc(S(=O)(=O)NC2CCCCC2)cc1. The van der Waals surface area contributed by atoms with Gasteiger partial charge in [-0.05, 0) is 55.7 Å². The van der Waals surface area contributed by atoms with Crippen LogP contribution in [0.4, 0.5) is 5.69 Å². The number of benzene rings is 1. The Morgan fingerprint density at radius 3 is 2.40 bits per heavy atom. The van der Waals surface area contributed by atoms with Crippen LogP contribution < -0.4 is 15.4 Å². The number of rotatable bonds is 9. The summed E-state index contributed by atoms with van der Waals surface area (Å²) in [7, 11) is -3.57. The van der Waals surface area contributed by atoms with Gasteiger partial charge in [-0.2, -0.15) is 0 Å². The van der Waals surface area contributed by atoms with Crippen molar-refractivity contribution in [2.24, 2.45) is 0 Å². The number of ether oxygens (including phenoxy) is 1. The minimum Gasteiger partial charge on any atom is -0.466 e. The number of anilines is 1. The molecule has 0 radical (unpaired) electrons. The van der Waals surface area contributed by atoms with E-state index >= 15 is 0 Å². The van der Waals surface area contributed by atoms with Crippen LogP contribution in [0.3, 0.4) is 0 Å². The third-order valence-corrected chi connectivity index (χ3v) is 6.37. The lowest BCUT2D eigenvalue weighted by atomic mass is 9.96. The molecule has 1 aromatic rings. The van der Waals surface area contributed by atoms with Crippen LogP contribution in [0.15, 0.2) is 29.2 Å². The number of thiocarbonyl (C=S) groups is 1. The minimum atomic E-state index is -3.57. The van der Waals surface area contributed by atoms with Crippen LogP contribution in [0.5, 0.6) is 0 Å². The second-order valence-corrected chi connectivity index (χ2v) is 9.33. The highest BCUT2D eigenvalue weighted by molar-refractivity contribution is 7.89. The predicted octanol–water partition coefficient (Wildman–Crippen LogP) is 2.84. The van der Waals surface area contributed by atoms with Gasteiger partial charge in [-0.1, -0.05) is 26.2 Å². The van der Waals surface area contributed by atoms with Gasteiger partial charge in [0.05, 0.1) is 17.9 Å². The Morgan fingerprint density at radius 2 is 1.77 bits per heavy atom. The molecule has 0 aliphatic heterocycles. The van der Waals surface area contributed by atoms with E-state index in [-0.39, 0.29) is 28.9 Å². The van der Waals surface area contributed by atoms with E-state index in [1.165, 1.54) is 12.1 Å². The Morgan fingerprint density at radius 1 is 1.10 bits per heavy atom. The molecule has 8 nitrogen and oxygen atoms in total. The van der Waals surface area contributed by atoms with Crippen LogP contribution in [-0.2, 0) is 24.3 Å². The van der Waals surface area contributed by atoms with E-state index in [2.05, 4.69) is 15.4 Å². The number of hydrogen-bond donors (Lipinski definition) is 3. The molecule has 0 saturated heterocycles. The van der Waals surface area contributed by atoms with Crippen LogP contribution >= 0.6 is 12.2 Å². The van der Waals surface area contributed by atoms with Crippen molar-refractivity contribution in [1.82, 2.24) is 10.0 Å². The maximum atomic E-state index is 12.5. The fourth-order valence-corrected chi connectivity index (χ4v) is 4.62. The van der Waals surface area contributed by atoms with Crippen molar-refractivity contribution in [3.8, 4) is 0 Å². The van der Waals surface area contributed by atoms with Crippen molar-refractivity contribution >= 4 is 44.9 Å². The zero-order chi connectivity index (χ0) is 22.0. The number of amides is 1. The van der Waals surface area contributed by atoms with E-state index in [0.29, 0.717) is 12.3 Å². The third kappa shape index (κ3) is 8.37. The van der Waals surface area contributed by atoms with Gasteiger partial charge in [0, 0.05) is 18.2 Å². The lowest BCUT2D eigenvalue weighted by Crippen LogP contribution is -2.36. The molecule has 0 heterocycles. The summed E-state index contributed by atoms with van der Waals surface area (Å²) in [6.45, 7) is 2.22. The second-order valence-electron chi connectivity index (χ2n) is 7.20. The molecule has 10 heteroatoms. The van der Waals surface area contributed by atoms with Crippen molar-refractivity contribution in [2.75, 3.05) is 11.9 Å². The summed E-state index contributed by atoms with van der Waals surface area (Å²) < 4.78 is 32.7. The maximum Gasteiger partial charge on any atom is 0.306 e. The van der Waals surface area contributed by atoms with E-state index in [9.17, 15) is 18.0 Å². The van der Waals surface area contributed by atoms with Gasteiger partial charge >= 0.3 is 5.97 Å². The number of esters is 1. The highest BCUT2D eigenvalue weighted by atomic mass is 32.2. The van der Waals surface area contributed by atoms with Crippen LogP contribution in [0, 0.1) is 0 Å². The zero-order valence-corrected chi connectivity index (χ0v) is 18.7. The van der Waals surface area contributed by atoms with Gasteiger partial charge in [0.2, 0.25) is 15.9 Å². The van der Waals surface area contributed by atoms with Gasteiger partial charge in [-0.3, -0.25) is 9.59 Å². The molecule has 1 aliphatic rings. The quantitative estimate of drug-likeness (QED) is 0.387. The Bertz CT molecular complexity index is 835. The molecule has 0 atom stereocenters. The normalized spacial score (nSPS) is 14.7. The summed E-state index contributed by atoms with van der Waals surface area (Å²) in [5.74, 6) is -0.832. The molecule has 1 fully saturated rings. The molecule has 166 valence electrons. The molecule has 1 saturated carbocycles. The van der Waals surface area contributed by atoms with E-state index in [4.69, 9.17) is 17.0 Å². The summed E-state index contributed by atoms with van der Waals surface area (Å²) in [6.07, 6.45) is 5.63. The van der Waals surface area contributed by atoms with Gasteiger partial charge in [0.25, 0.3) is 0 Å². The van der Waals surface area contributed by atoms with E-state index in [1.54, 1.807) is 12.1 Å². The molecule has 0 spiro atoms. The molecular formula is C20H29N3O5S2. The molecule has 1 aromatic carbocycles. The summed E-state index contributed by atoms with van der Waals surface area (Å²) >= 11 is 5.09. The lowest BCUT2D eigenvalue weighted by Gasteiger charge is -2.22. The molecule has 30 heavy (non-hydrogen) atoms. The monoisotopic (exact) mass is 455 g/mol. The fourth-order valence-electron chi connectivity index (χ4n) is 3.08. The number of hydrogen-bond acceptors (Lipinski definition) is 6. The van der Waals surface area contributed by atoms with Crippen molar-refractivity contribution in [1.29, 1.82) is 0 Å². The molecule has 0 bridgehead atoms.